The molecule has 1 aromatic carbocycles. The van der Waals surface area contributed by atoms with Gasteiger partial charge >= 0.3 is 0 Å². The molecule has 0 saturated carbocycles. The van der Waals surface area contributed by atoms with E-state index in [9.17, 15) is 4.79 Å². The lowest BCUT2D eigenvalue weighted by Gasteiger charge is -2.23. The highest BCUT2D eigenvalue weighted by Crippen LogP contribution is 2.39. The molecule has 0 radical (unpaired) electrons. The van der Waals surface area contributed by atoms with Crippen molar-refractivity contribution in [3.8, 4) is 11.5 Å². The summed E-state index contributed by atoms with van der Waals surface area (Å²) in [6.07, 6.45) is 2.27. The van der Waals surface area contributed by atoms with Crippen LogP contribution in [0.5, 0.6) is 11.5 Å². The number of likely N-dealkylation sites (N-methyl/N-ethyl adjacent to an activating group) is 1. The van der Waals surface area contributed by atoms with E-state index in [2.05, 4.69) is 33.1 Å². The van der Waals surface area contributed by atoms with Crippen molar-refractivity contribution in [2.45, 2.75) is 25.8 Å². The Morgan fingerprint density at radius 2 is 2.22 bits per heavy atom. The summed E-state index contributed by atoms with van der Waals surface area (Å²) in [6, 6.07) is 2.08. The Hall–Kier alpha value is -1.47. The first kappa shape index (κ1) is 17.9. The van der Waals surface area contributed by atoms with Gasteiger partial charge in [-0.05, 0) is 41.9 Å². The fourth-order valence-electron chi connectivity index (χ4n) is 3.04. The number of ether oxygens (including phenoxy) is 2. The second-order valence-electron chi connectivity index (χ2n) is 5.52. The summed E-state index contributed by atoms with van der Waals surface area (Å²) in [5.74, 6) is 0.571. The second kappa shape index (κ2) is 7.88. The molecule has 6 nitrogen and oxygen atoms in total. The highest BCUT2D eigenvalue weighted by Gasteiger charge is 2.26. The van der Waals surface area contributed by atoms with Gasteiger partial charge in [-0.3, -0.25) is 9.69 Å². The number of anilines is 1. The predicted molar refractivity (Wildman–Crippen MR) is 94.3 cm³/mol. The molecule has 7 heteroatoms. The second-order valence-corrected chi connectivity index (χ2v) is 6.37. The molecular weight excluding hydrogens is 362 g/mol. The monoisotopic (exact) mass is 385 g/mol. The van der Waals surface area contributed by atoms with Gasteiger partial charge in [0, 0.05) is 23.1 Å². The molecule has 1 atom stereocenters. The highest BCUT2D eigenvalue weighted by atomic mass is 79.9. The van der Waals surface area contributed by atoms with E-state index < -0.39 is 0 Å². The predicted octanol–water partition coefficient (Wildman–Crippen LogP) is 2.26. The third-order valence-corrected chi connectivity index (χ3v) is 4.95. The number of likely N-dealkylation sites (tertiary alicyclic amines) is 1. The number of methoxy groups -OCH3 is 2. The maximum Gasteiger partial charge on any atom is 0.257 e. The SMILES string of the molecule is CCN1CCCC1CNC(=O)c1c(N)c(Br)cc(OC)c1OC. The van der Waals surface area contributed by atoms with Crippen LogP contribution in [0.25, 0.3) is 0 Å². The molecule has 0 spiro atoms. The summed E-state index contributed by atoms with van der Waals surface area (Å²) < 4.78 is 11.2. The molecule has 23 heavy (non-hydrogen) atoms. The molecule has 1 unspecified atom stereocenters. The standard InChI is InChI=1S/C16H24BrN3O3/c1-4-20-7-5-6-10(20)9-19-16(21)13-14(18)11(17)8-12(22-2)15(13)23-3/h8,10H,4-7,9,18H2,1-3H3,(H,19,21). The highest BCUT2D eigenvalue weighted by molar-refractivity contribution is 9.10. The van der Waals surface area contributed by atoms with E-state index in [4.69, 9.17) is 15.2 Å². The third kappa shape index (κ3) is 3.72. The molecule has 1 heterocycles. The van der Waals surface area contributed by atoms with Crippen molar-refractivity contribution in [2.24, 2.45) is 0 Å². The van der Waals surface area contributed by atoms with Crippen LogP contribution >= 0.6 is 15.9 Å². The van der Waals surface area contributed by atoms with Gasteiger partial charge in [0.1, 0.15) is 5.56 Å². The smallest absolute Gasteiger partial charge is 0.257 e. The largest absolute Gasteiger partial charge is 0.493 e. The molecule has 1 saturated heterocycles. The minimum Gasteiger partial charge on any atom is -0.493 e. The molecule has 1 aliphatic heterocycles. The van der Waals surface area contributed by atoms with Crippen molar-refractivity contribution in [3.63, 3.8) is 0 Å². The summed E-state index contributed by atoms with van der Waals surface area (Å²) in [7, 11) is 3.03. The van der Waals surface area contributed by atoms with Crippen molar-refractivity contribution in [1.29, 1.82) is 0 Å². The van der Waals surface area contributed by atoms with Crippen LogP contribution in [0.1, 0.15) is 30.1 Å². The summed E-state index contributed by atoms with van der Waals surface area (Å²) in [5, 5.41) is 2.98. The number of halogens is 1. The number of nitrogen functional groups attached to an aromatic ring is 1. The number of carbonyl (C=O) groups excluding carboxylic acids is 1. The number of nitrogens with zero attached hydrogens (tertiary/aromatic N) is 1. The quantitative estimate of drug-likeness (QED) is 0.734. The number of hydrogen-bond acceptors (Lipinski definition) is 5. The Morgan fingerprint density at radius 3 is 2.83 bits per heavy atom. The Bertz CT molecular complexity index is 580. The Kier molecular flexibility index (Phi) is 6.12. The van der Waals surface area contributed by atoms with Crippen LogP contribution in [-0.4, -0.2) is 50.7 Å². The average molecular weight is 386 g/mol. The van der Waals surface area contributed by atoms with Gasteiger partial charge < -0.3 is 20.5 Å². The normalized spacial score (nSPS) is 18.0. The summed E-state index contributed by atoms with van der Waals surface area (Å²) >= 11 is 3.36. The van der Waals surface area contributed by atoms with Crippen LogP contribution in [0, 0.1) is 0 Å². The first-order valence-corrected chi connectivity index (χ1v) is 8.54. The van der Waals surface area contributed by atoms with Gasteiger partial charge in [0.2, 0.25) is 0 Å². The number of nitrogens with one attached hydrogen (secondary N) is 1. The molecular formula is C16H24BrN3O3. The summed E-state index contributed by atoms with van der Waals surface area (Å²) in [4.78, 5) is 15.0. The maximum atomic E-state index is 12.7. The number of benzene rings is 1. The average Bonchev–Trinajstić information content (AvgIpc) is 3.01. The van der Waals surface area contributed by atoms with E-state index in [0.29, 0.717) is 39.8 Å². The van der Waals surface area contributed by atoms with Gasteiger partial charge in [-0.25, -0.2) is 0 Å². The molecule has 1 amide bonds. The van der Waals surface area contributed by atoms with Crippen LogP contribution in [-0.2, 0) is 0 Å². The van der Waals surface area contributed by atoms with E-state index >= 15 is 0 Å². The lowest BCUT2D eigenvalue weighted by Crippen LogP contribution is -2.40. The van der Waals surface area contributed by atoms with Gasteiger partial charge in [0.15, 0.2) is 11.5 Å². The minimum atomic E-state index is -0.248. The van der Waals surface area contributed by atoms with E-state index in [-0.39, 0.29) is 5.91 Å². The summed E-state index contributed by atoms with van der Waals surface area (Å²) in [6.45, 7) is 4.83. The molecule has 3 N–H and O–H groups in total. The fourth-order valence-corrected chi connectivity index (χ4v) is 3.45. The van der Waals surface area contributed by atoms with Crippen LogP contribution < -0.4 is 20.5 Å². The van der Waals surface area contributed by atoms with Crippen molar-refractivity contribution in [3.05, 3.63) is 16.1 Å². The molecule has 2 rings (SSSR count). The van der Waals surface area contributed by atoms with E-state index in [1.54, 1.807) is 6.07 Å². The van der Waals surface area contributed by atoms with E-state index in [1.807, 2.05) is 0 Å². The summed E-state index contributed by atoms with van der Waals surface area (Å²) in [5.41, 5.74) is 6.72. The van der Waals surface area contributed by atoms with Gasteiger partial charge in [0.05, 0.1) is 19.9 Å². The topological polar surface area (TPSA) is 76.8 Å². The zero-order chi connectivity index (χ0) is 17.0. The van der Waals surface area contributed by atoms with Crippen molar-refractivity contribution < 1.29 is 14.3 Å². The molecule has 1 aliphatic rings. The molecule has 0 bridgehead atoms. The molecule has 128 valence electrons. The fraction of sp³-hybridized carbons (Fsp3) is 0.562. The Balaban J connectivity index is 2.20. The zero-order valence-electron chi connectivity index (χ0n) is 13.8. The third-order valence-electron chi connectivity index (χ3n) is 4.29. The lowest BCUT2D eigenvalue weighted by molar-refractivity contribution is 0.0938. The van der Waals surface area contributed by atoms with E-state index in [0.717, 1.165) is 19.5 Å². The number of amides is 1. The van der Waals surface area contributed by atoms with Gasteiger partial charge in [0.25, 0.3) is 5.91 Å². The number of hydrogen-bond donors (Lipinski definition) is 2. The van der Waals surface area contributed by atoms with Crippen molar-refractivity contribution in [1.82, 2.24) is 10.2 Å². The number of carbonyl (C=O) groups is 1. The zero-order valence-corrected chi connectivity index (χ0v) is 15.4. The molecule has 0 aliphatic carbocycles. The number of nitrogens with two attached hydrogens (primary N) is 1. The van der Waals surface area contributed by atoms with E-state index in [1.165, 1.54) is 20.6 Å². The van der Waals surface area contributed by atoms with Crippen LogP contribution in [0.4, 0.5) is 5.69 Å². The van der Waals surface area contributed by atoms with Crippen molar-refractivity contribution in [2.75, 3.05) is 39.6 Å². The van der Waals surface area contributed by atoms with Gasteiger partial charge in [-0.1, -0.05) is 6.92 Å². The van der Waals surface area contributed by atoms with Gasteiger partial charge in [-0.2, -0.15) is 0 Å². The first-order valence-electron chi connectivity index (χ1n) is 7.75. The lowest BCUT2D eigenvalue weighted by atomic mass is 10.1. The van der Waals surface area contributed by atoms with Crippen LogP contribution in [0.3, 0.4) is 0 Å². The molecule has 0 aromatic heterocycles. The Labute approximate surface area is 145 Å². The van der Waals surface area contributed by atoms with Crippen LogP contribution in [0.2, 0.25) is 0 Å². The minimum absolute atomic E-state index is 0.248. The molecule has 1 fully saturated rings. The van der Waals surface area contributed by atoms with Crippen LogP contribution in [0.15, 0.2) is 10.5 Å². The molecule has 1 aromatic rings. The maximum absolute atomic E-state index is 12.7. The first-order chi connectivity index (χ1) is 11.0. The Morgan fingerprint density at radius 1 is 1.48 bits per heavy atom. The number of rotatable bonds is 6. The van der Waals surface area contributed by atoms with Gasteiger partial charge in [-0.15, -0.1) is 0 Å². The van der Waals surface area contributed by atoms with Crippen molar-refractivity contribution >= 4 is 27.5 Å².